The zero-order valence-corrected chi connectivity index (χ0v) is 14.7. The van der Waals surface area contributed by atoms with E-state index in [9.17, 15) is 22.8 Å². The summed E-state index contributed by atoms with van der Waals surface area (Å²) in [5, 5.41) is 10.0. The number of thiazole rings is 1. The number of hydrogen-bond donors (Lipinski definition) is 2. The van der Waals surface area contributed by atoms with Crippen molar-refractivity contribution in [3.05, 3.63) is 50.8 Å². The Balaban J connectivity index is 0.000000321. The topological polar surface area (TPSA) is 103 Å². The van der Waals surface area contributed by atoms with E-state index in [4.69, 9.17) is 9.90 Å². The van der Waals surface area contributed by atoms with Crippen molar-refractivity contribution in [1.82, 2.24) is 14.9 Å². The van der Waals surface area contributed by atoms with Crippen LogP contribution in [0.3, 0.4) is 0 Å². The van der Waals surface area contributed by atoms with Gasteiger partial charge in [-0.3, -0.25) is 9.59 Å². The van der Waals surface area contributed by atoms with E-state index in [1.807, 2.05) is 10.3 Å². The molecular weight excluding hydrogens is 387 g/mol. The van der Waals surface area contributed by atoms with Crippen LogP contribution in [-0.4, -0.2) is 44.6 Å². The molecular formula is C16H16F3N3O4S. The van der Waals surface area contributed by atoms with Crippen LogP contribution in [0.4, 0.5) is 13.2 Å². The van der Waals surface area contributed by atoms with Crippen molar-refractivity contribution < 1.29 is 27.9 Å². The van der Waals surface area contributed by atoms with Crippen LogP contribution in [0.15, 0.2) is 34.6 Å². The predicted octanol–water partition coefficient (Wildman–Crippen LogP) is 2.83. The van der Waals surface area contributed by atoms with Crippen LogP contribution in [-0.2, 0) is 4.79 Å². The minimum absolute atomic E-state index is 0.0277. The smallest absolute Gasteiger partial charge is 0.475 e. The van der Waals surface area contributed by atoms with Gasteiger partial charge in [0.25, 0.3) is 5.91 Å². The molecule has 0 radical (unpaired) electrons. The lowest BCUT2D eigenvalue weighted by molar-refractivity contribution is -0.192. The number of H-pyrrole nitrogens is 1. The molecule has 11 heteroatoms. The molecule has 2 aromatic heterocycles. The third kappa shape index (κ3) is 5.64. The molecule has 0 aliphatic carbocycles. The van der Waals surface area contributed by atoms with Gasteiger partial charge in [-0.15, -0.1) is 11.3 Å². The highest BCUT2D eigenvalue weighted by atomic mass is 32.1. The normalized spacial score (nSPS) is 17.0. The maximum absolute atomic E-state index is 12.6. The minimum atomic E-state index is -5.08. The Morgan fingerprint density at radius 3 is 2.56 bits per heavy atom. The maximum atomic E-state index is 12.6. The number of carbonyl (C=O) groups excluding carboxylic acids is 1. The zero-order chi connectivity index (χ0) is 20.0. The van der Waals surface area contributed by atoms with Crippen molar-refractivity contribution in [3.63, 3.8) is 0 Å². The van der Waals surface area contributed by atoms with Gasteiger partial charge >= 0.3 is 12.1 Å². The number of likely N-dealkylation sites (tertiary alicyclic amines) is 1. The van der Waals surface area contributed by atoms with E-state index in [2.05, 4.69) is 9.97 Å². The molecule has 0 bridgehead atoms. The van der Waals surface area contributed by atoms with Crippen molar-refractivity contribution >= 4 is 23.2 Å². The molecule has 3 rings (SSSR count). The molecule has 1 amide bonds. The van der Waals surface area contributed by atoms with Gasteiger partial charge in [0.2, 0.25) is 5.56 Å². The molecule has 2 N–H and O–H groups in total. The van der Waals surface area contributed by atoms with Crippen LogP contribution in [0, 0.1) is 0 Å². The average molecular weight is 403 g/mol. The van der Waals surface area contributed by atoms with Crippen LogP contribution >= 0.6 is 11.3 Å². The molecule has 1 unspecified atom stereocenters. The van der Waals surface area contributed by atoms with E-state index in [1.54, 1.807) is 29.7 Å². The van der Waals surface area contributed by atoms with Gasteiger partial charge in [0.15, 0.2) is 0 Å². The first kappa shape index (κ1) is 20.6. The van der Waals surface area contributed by atoms with E-state index in [-0.39, 0.29) is 17.5 Å². The fourth-order valence-corrected chi connectivity index (χ4v) is 3.34. The zero-order valence-electron chi connectivity index (χ0n) is 13.9. The van der Waals surface area contributed by atoms with Crippen molar-refractivity contribution in [2.45, 2.75) is 31.5 Å². The molecule has 0 aromatic carbocycles. The molecule has 1 aliphatic heterocycles. The van der Waals surface area contributed by atoms with E-state index >= 15 is 0 Å². The molecule has 3 heterocycles. The van der Waals surface area contributed by atoms with Crippen LogP contribution in [0.5, 0.6) is 0 Å². The largest absolute Gasteiger partial charge is 0.490 e. The maximum Gasteiger partial charge on any atom is 0.490 e. The van der Waals surface area contributed by atoms with E-state index in [1.165, 1.54) is 6.07 Å². The lowest BCUT2D eigenvalue weighted by Gasteiger charge is -2.34. The molecule has 7 nitrogen and oxygen atoms in total. The van der Waals surface area contributed by atoms with Crippen molar-refractivity contribution in [3.8, 4) is 0 Å². The Kier molecular flexibility index (Phi) is 6.72. The summed E-state index contributed by atoms with van der Waals surface area (Å²) in [7, 11) is 0. The standard InChI is InChI=1S/C14H15N3O2S.C2HF3O2/c18-12-6-3-4-10(16-12)14(19)17-8-2-1-5-11(17)13-15-7-9-20-13;3-2(4,5)1(6)7/h3-4,6-7,9,11H,1-2,5,8H2,(H,16,18);(H,6,7). The first-order valence-corrected chi connectivity index (χ1v) is 8.78. The molecule has 1 aliphatic rings. The summed E-state index contributed by atoms with van der Waals surface area (Å²) in [5.41, 5.74) is 0.0969. The summed E-state index contributed by atoms with van der Waals surface area (Å²) in [6.07, 6.45) is -0.304. The van der Waals surface area contributed by atoms with Gasteiger partial charge in [-0.05, 0) is 25.3 Å². The van der Waals surface area contributed by atoms with Gasteiger partial charge in [0.1, 0.15) is 10.7 Å². The van der Waals surface area contributed by atoms with Crippen LogP contribution in [0.2, 0.25) is 0 Å². The number of amides is 1. The van der Waals surface area contributed by atoms with Gasteiger partial charge in [0.05, 0.1) is 6.04 Å². The first-order chi connectivity index (χ1) is 12.7. The third-order valence-electron chi connectivity index (χ3n) is 3.74. The second kappa shape index (κ2) is 8.80. The molecule has 2 aromatic rings. The van der Waals surface area contributed by atoms with E-state index in [0.717, 1.165) is 24.3 Å². The number of nitrogens with zero attached hydrogens (tertiary/aromatic N) is 2. The van der Waals surface area contributed by atoms with Crippen molar-refractivity contribution in [2.75, 3.05) is 6.54 Å². The highest BCUT2D eigenvalue weighted by Crippen LogP contribution is 2.32. The molecule has 146 valence electrons. The van der Waals surface area contributed by atoms with Crippen molar-refractivity contribution in [1.29, 1.82) is 0 Å². The number of halogens is 3. The number of hydrogen-bond acceptors (Lipinski definition) is 5. The Labute approximate surface area is 155 Å². The third-order valence-corrected chi connectivity index (χ3v) is 4.62. The molecule has 1 atom stereocenters. The Bertz CT molecular complexity index is 836. The van der Waals surface area contributed by atoms with Gasteiger partial charge in [-0.25, -0.2) is 9.78 Å². The van der Waals surface area contributed by atoms with Gasteiger partial charge in [-0.2, -0.15) is 13.2 Å². The Morgan fingerprint density at radius 2 is 2.00 bits per heavy atom. The number of rotatable bonds is 2. The number of aromatic amines is 1. The fourth-order valence-electron chi connectivity index (χ4n) is 2.56. The van der Waals surface area contributed by atoms with Crippen LogP contribution in [0.25, 0.3) is 0 Å². The van der Waals surface area contributed by atoms with Crippen molar-refractivity contribution in [2.24, 2.45) is 0 Å². The number of aromatic nitrogens is 2. The summed E-state index contributed by atoms with van der Waals surface area (Å²) in [5.74, 6) is -2.88. The van der Waals surface area contributed by atoms with Gasteiger partial charge in [0, 0.05) is 24.2 Å². The summed E-state index contributed by atoms with van der Waals surface area (Å²) in [6.45, 7) is 0.708. The van der Waals surface area contributed by atoms with E-state index < -0.39 is 12.1 Å². The highest BCUT2D eigenvalue weighted by Gasteiger charge is 2.38. The first-order valence-electron chi connectivity index (χ1n) is 7.90. The number of carbonyl (C=O) groups is 2. The molecule has 0 saturated carbocycles. The number of piperidine rings is 1. The average Bonchev–Trinajstić information content (AvgIpc) is 3.15. The quantitative estimate of drug-likeness (QED) is 0.803. The Morgan fingerprint density at radius 1 is 1.30 bits per heavy atom. The summed E-state index contributed by atoms with van der Waals surface area (Å²) >= 11 is 1.57. The minimum Gasteiger partial charge on any atom is -0.475 e. The summed E-state index contributed by atoms with van der Waals surface area (Å²) < 4.78 is 31.7. The highest BCUT2D eigenvalue weighted by molar-refractivity contribution is 7.09. The summed E-state index contributed by atoms with van der Waals surface area (Å²) in [4.78, 5) is 41.6. The SMILES string of the molecule is O=C(O)C(F)(F)F.O=C(c1cccc(=O)[nH]1)N1CCCCC1c1nccs1. The second-order valence-corrected chi connectivity index (χ2v) is 6.54. The molecule has 27 heavy (non-hydrogen) atoms. The number of alkyl halides is 3. The van der Waals surface area contributed by atoms with Gasteiger partial charge < -0.3 is 15.0 Å². The monoisotopic (exact) mass is 403 g/mol. The van der Waals surface area contributed by atoms with E-state index in [0.29, 0.717) is 12.2 Å². The lowest BCUT2D eigenvalue weighted by atomic mass is 10.0. The summed E-state index contributed by atoms with van der Waals surface area (Å²) in [6, 6.07) is 4.69. The van der Waals surface area contributed by atoms with Crippen LogP contribution in [0.1, 0.15) is 40.8 Å². The number of pyridine rings is 1. The second-order valence-electron chi connectivity index (χ2n) is 5.61. The molecule has 0 spiro atoms. The number of carboxylic acids is 1. The molecule has 1 saturated heterocycles. The number of nitrogens with one attached hydrogen (secondary N) is 1. The Hall–Kier alpha value is -2.69. The predicted molar refractivity (Wildman–Crippen MR) is 90.5 cm³/mol. The molecule has 1 fully saturated rings. The fraction of sp³-hybridized carbons (Fsp3) is 0.375. The van der Waals surface area contributed by atoms with Gasteiger partial charge in [-0.1, -0.05) is 6.07 Å². The number of carboxylic acid groups (broad SMARTS) is 1. The lowest BCUT2D eigenvalue weighted by Crippen LogP contribution is -2.39. The number of aliphatic carboxylic acids is 1. The van der Waals surface area contributed by atoms with Crippen LogP contribution < -0.4 is 5.56 Å².